The fourth-order valence-corrected chi connectivity index (χ4v) is 1.94. The number of benzene rings is 1. The molecule has 0 saturated carbocycles. The molecule has 0 atom stereocenters. The second kappa shape index (κ2) is 5.48. The van der Waals surface area contributed by atoms with E-state index in [0.717, 1.165) is 11.4 Å². The van der Waals surface area contributed by atoms with Crippen molar-refractivity contribution in [3.8, 4) is 5.75 Å². The van der Waals surface area contributed by atoms with Crippen molar-refractivity contribution in [1.82, 2.24) is 4.68 Å². The van der Waals surface area contributed by atoms with E-state index in [0.29, 0.717) is 12.1 Å². The lowest BCUT2D eigenvalue weighted by atomic mass is 10.2. The smallest absolute Gasteiger partial charge is 0.406 e. The van der Waals surface area contributed by atoms with Crippen LogP contribution in [0.1, 0.15) is 17.0 Å². The van der Waals surface area contributed by atoms with Crippen molar-refractivity contribution in [1.29, 1.82) is 0 Å². The van der Waals surface area contributed by atoms with E-state index in [1.807, 2.05) is 30.7 Å². The molecule has 0 saturated heterocycles. The molecule has 108 valence electrons. The Kier molecular flexibility index (Phi) is 3.92. The molecule has 2 rings (SSSR count). The summed E-state index contributed by atoms with van der Waals surface area (Å²) in [5.41, 5.74) is 5.92. The van der Waals surface area contributed by atoms with E-state index >= 15 is 0 Å². The molecule has 0 bridgehead atoms. The molecule has 0 unspecified atom stereocenters. The van der Waals surface area contributed by atoms with Gasteiger partial charge in [0, 0.05) is 11.4 Å². The first-order valence-electron chi connectivity index (χ1n) is 6.09. The summed E-state index contributed by atoms with van der Waals surface area (Å²) in [5, 5.41) is 0. The predicted octanol–water partition coefficient (Wildman–Crippen LogP) is 3.75. The fraction of sp³-hybridized carbons (Fsp3) is 0.286. The number of ether oxygens (including phenoxy) is 1. The number of hydrogen-bond donors (Lipinski definition) is 1. The van der Waals surface area contributed by atoms with Gasteiger partial charge in [0.05, 0.1) is 6.54 Å². The number of hydrogen-bond acceptors (Lipinski definition) is 2. The maximum Gasteiger partial charge on any atom is 0.573 e. The monoisotopic (exact) mass is 284 g/mol. The van der Waals surface area contributed by atoms with Gasteiger partial charge in [-0.1, -0.05) is 12.1 Å². The fourth-order valence-electron chi connectivity index (χ4n) is 1.94. The molecular weight excluding hydrogens is 269 g/mol. The molecule has 0 fully saturated rings. The Hall–Kier alpha value is -2.11. The van der Waals surface area contributed by atoms with Gasteiger partial charge in [-0.15, -0.1) is 13.2 Å². The van der Waals surface area contributed by atoms with Gasteiger partial charge in [0.25, 0.3) is 0 Å². The molecule has 1 heterocycles. The summed E-state index contributed by atoms with van der Waals surface area (Å²) in [5.74, 6) is -0.210. The third-order valence-corrected chi connectivity index (χ3v) is 2.84. The summed E-state index contributed by atoms with van der Waals surface area (Å²) in [4.78, 5) is 0. The number of aromatic nitrogens is 1. The molecule has 1 aromatic heterocycles. The van der Waals surface area contributed by atoms with E-state index < -0.39 is 6.36 Å². The molecule has 1 aromatic carbocycles. The summed E-state index contributed by atoms with van der Waals surface area (Å²) in [6, 6.07) is 9.85. The predicted molar refractivity (Wildman–Crippen MR) is 70.1 cm³/mol. The van der Waals surface area contributed by atoms with E-state index in [9.17, 15) is 13.2 Å². The number of rotatable bonds is 4. The molecule has 0 aliphatic heterocycles. The molecule has 0 aliphatic rings. The highest BCUT2D eigenvalue weighted by atomic mass is 19.4. The minimum atomic E-state index is -4.67. The lowest BCUT2D eigenvalue weighted by Gasteiger charge is -2.14. The summed E-state index contributed by atoms with van der Waals surface area (Å²) in [6.45, 7) is 4.30. The largest absolute Gasteiger partial charge is 0.573 e. The van der Waals surface area contributed by atoms with Crippen molar-refractivity contribution < 1.29 is 17.9 Å². The zero-order valence-electron chi connectivity index (χ0n) is 11.2. The minimum Gasteiger partial charge on any atom is -0.406 e. The normalized spacial score (nSPS) is 11.4. The van der Waals surface area contributed by atoms with Crippen molar-refractivity contribution in [2.45, 2.75) is 26.8 Å². The number of halogens is 3. The molecule has 0 spiro atoms. The Bertz CT molecular complexity index is 571. The van der Waals surface area contributed by atoms with Gasteiger partial charge in [0.15, 0.2) is 0 Å². The number of aryl methyl sites for hydroxylation is 2. The van der Waals surface area contributed by atoms with Crippen LogP contribution in [0.2, 0.25) is 0 Å². The van der Waals surface area contributed by atoms with Crippen LogP contribution >= 0.6 is 0 Å². The number of nitrogens with zero attached hydrogens (tertiary/aromatic N) is 1. The molecule has 0 amide bonds. The van der Waals surface area contributed by atoms with Crippen LogP contribution in [0.25, 0.3) is 0 Å². The van der Waals surface area contributed by atoms with E-state index in [1.165, 1.54) is 18.2 Å². The van der Waals surface area contributed by atoms with Crippen LogP contribution in [-0.2, 0) is 6.54 Å². The third kappa shape index (κ3) is 3.69. The van der Waals surface area contributed by atoms with Crippen LogP contribution in [-0.4, -0.2) is 11.0 Å². The van der Waals surface area contributed by atoms with Crippen LogP contribution in [0.15, 0.2) is 36.4 Å². The summed E-state index contributed by atoms with van der Waals surface area (Å²) >= 11 is 0. The lowest BCUT2D eigenvalue weighted by molar-refractivity contribution is -0.274. The Morgan fingerprint density at radius 1 is 1.10 bits per heavy atom. The first kappa shape index (κ1) is 14.3. The van der Waals surface area contributed by atoms with Crippen LogP contribution in [0.5, 0.6) is 5.75 Å². The lowest BCUT2D eigenvalue weighted by Crippen LogP contribution is -2.18. The second-order valence-corrected chi connectivity index (χ2v) is 4.48. The van der Waals surface area contributed by atoms with Gasteiger partial charge in [0.2, 0.25) is 0 Å². The van der Waals surface area contributed by atoms with Crippen molar-refractivity contribution in [2.75, 3.05) is 5.43 Å². The molecule has 1 N–H and O–H groups in total. The van der Waals surface area contributed by atoms with Gasteiger partial charge in [-0.05, 0) is 43.7 Å². The standard InChI is InChI=1S/C14H15F3N2O/c1-10-6-7-11(2)19(10)18-9-12-4-3-5-13(8-12)20-14(15,16)17/h3-8,18H,9H2,1-2H3. The Labute approximate surface area is 114 Å². The maximum absolute atomic E-state index is 12.1. The molecule has 0 radical (unpaired) electrons. The number of nitrogens with one attached hydrogen (secondary N) is 1. The Morgan fingerprint density at radius 2 is 1.75 bits per heavy atom. The second-order valence-electron chi connectivity index (χ2n) is 4.48. The topological polar surface area (TPSA) is 26.2 Å². The summed E-state index contributed by atoms with van der Waals surface area (Å²) in [7, 11) is 0. The first-order chi connectivity index (χ1) is 9.35. The average Bonchev–Trinajstić information content (AvgIpc) is 2.65. The van der Waals surface area contributed by atoms with Crippen molar-refractivity contribution in [3.05, 3.63) is 53.3 Å². The third-order valence-electron chi connectivity index (χ3n) is 2.84. The molecule has 3 nitrogen and oxygen atoms in total. The quantitative estimate of drug-likeness (QED) is 0.925. The highest BCUT2D eigenvalue weighted by molar-refractivity contribution is 5.29. The van der Waals surface area contributed by atoms with E-state index in [4.69, 9.17) is 0 Å². The molecule has 20 heavy (non-hydrogen) atoms. The van der Waals surface area contributed by atoms with Crippen LogP contribution in [0.4, 0.5) is 13.2 Å². The van der Waals surface area contributed by atoms with Gasteiger partial charge >= 0.3 is 6.36 Å². The van der Waals surface area contributed by atoms with Crippen LogP contribution in [0.3, 0.4) is 0 Å². The van der Waals surface area contributed by atoms with Gasteiger partial charge < -0.3 is 10.2 Å². The highest BCUT2D eigenvalue weighted by Crippen LogP contribution is 2.23. The van der Waals surface area contributed by atoms with Crippen molar-refractivity contribution in [2.24, 2.45) is 0 Å². The highest BCUT2D eigenvalue weighted by Gasteiger charge is 2.31. The van der Waals surface area contributed by atoms with Crippen molar-refractivity contribution in [3.63, 3.8) is 0 Å². The number of alkyl halides is 3. The zero-order chi connectivity index (χ0) is 14.8. The Balaban J connectivity index is 2.05. The summed E-state index contributed by atoms with van der Waals surface area (Å²) in [6.07, 6.45) is -4.67. The maximum atomic E-state index is 12.1. The molecular formula is C14H15F3N2O. The van der Waals surface area contributed by atoms with Gasteiger partial charge in [-0.2, -0.15) is 0 Å². The summed E-state index contributed by atoms with van der Waals surface area (Å²) < 4.78 is 42.2. The zero-order valence-corrected chi connectivity index (χ0v) is 11.2. The van der Waals surface area contributed by atoms with Gasteiger partial charge in [-0.25, -0.2) is 0 Å². The molecule has 0 aliphatic carbocycles. The van der Waals surface area contributed by atoms with Gasteiger partial charge in [-0.3, -0.25) is 4.68 Å². The van der Waals surface area contributed by atoms with Crippen LogP contribution in [0, 0.1) is 13.8 Å². The molecule has 6 heteroatoms. The molecule has 2 aromatic rings. The van der Waals surface area contributed by atoms with E-state index in [1.54, 1.807) is 6.07 Å². The first-order valence-corrected chi connectivity index (χ1v) is 6.09. The van der Waals surface area contributed by atoms with Crippen LogP contribution < -0.4 is 10.2 Å². The van der Waals surface area contributed by atoms with E-state index in [-0.39, 0.29) is 5.75 Å². The van der Waals surface area contributed by atoms with Gasteiger partial charge in [0.1, 0.15) is 5.75 Å². The SMILES string of the molecule is Cc1ccc(C)n1NCc1cccc(OC(F)(F)F)c1. The van der Waals surface area contributed by atoms with Crippen molar-refractivity contribution >= 4 is 0 Å². The van der Waals surface area contributed by atoms with E-state index in [2.05, 4.69) is 10.2 Å². The minimum absolute atomic E-state index is 0.210. The average molecular weight is 284 g/mol. The Morgan fingerprint density at radius 3 is 2.35 bits per heavy atom.